The van der Waals surface area contributed by atoms with Crippen molar-refractivity contribution >= 4 is 11.9 Å². The van der Waals surface area contributed by atoms with Gasteiger partial charge in [-0.25, -0.2) is 9.59 Å². The highest BCUT2D eigenvalue weighted by atomic mass is 16.7. The molecule has 0 aromatic heterocycles. The zero-order valence-corrected chi connectivity index (χ0v) is 12.4. The van der Waals surface area contributed by atoms with Gasteiger partial charge in [-0.15, -0.1) is 0 Å². The average molecular weight is 370 g/mol. The van der Waals surface area contributed by atoms with Crippen LogP contribution in [0.2, 0.25) is 0 Å². The monoisotopic (exact) mass is 370 g/mol. The molecule has 2 aliphatic heterocycles. The lowest BCUT2D eigenvalue weighted by molar-refractivity contribution is -0.354. The normalized spacial score (nSPS) is 48.1. The highest BCUT2D eigenvalue weighted by Gasteiger charge is 2.52. The van der Waals surface area contributed by atoms with Crippen molar-refractivity contribution in [2.24, 2.45) is 0 Å². The van der Waals surface area contributed by atoms with Gasteiger partial charge in [0, 0.05) is 0 Å². The van der Waals surface area contributed by atoms with Crippen LogP contribution >= 0.6 is 0 Å². The predicted molar refractivity (Wildman–Crippen MR) is 69.7 cm³/mol. The summed E-state index contributed by atoms with van der Waals surface area (Å²) in [5, 5.41) is 76.1. The van der Waals surface area contributed by atoms with Crippen molar-refractivity contribution in [1.82, 2.24) is 0 Å². The summed E-state index contributed by atoms with van der Waals surface area (Å²) in [6, 6.07) is 0. The Balaban J connectivity index is 2.14. The summed E-state index contributed by atoms with van der Waals surface area (Å²) in [7, 11) is 0. The smallest absolute Gasteiger partial charge is 0.335 e. The number of aliphatic carboxylic acids is 2. The molecule has 8 N–H and O–H groups in total. The number of carboxylic acid groups (broad SMARTS) is 2. The fourth-order valence-electron chi connectivity index (χ4n) is 2.52. The van der Waals surface area contributed by atoms with Crippen molar-refractivity contribution in [2.45, 2.75) is 61.4 Å². The average Bonchev–Trinajstić information content (AvgIpc) is 2.53. The second kappa shape index (κ2) is 7.45. The van der Waals surface area contributed by atoms with Crippen LogP contribution in [0, 0.1) is 0 Å². The maximum Gasteiger partial charge on any atom is 0.335 e. The van der Waals surface area contributed by atoms with E-state index in [4.69, 9.17) is 19.7 Å². The Morgan fingerprint density at radius 2 is 1.16 bits per heavy atom. The molecule has 0 aromatic rings. The predicted octanol–water partition coefficient (Wildman–Crippen LogP) is -5.21. The number of carboxylic acids is 2. The zero-order valence-electron chi connectivity index (χ0n) is 12.4. The van der Waals surface area contributed by atoms with Crippen LogP contribution in [0.5, 0.6) is 0 Å². The molecule has 0 aliphatic carbocycles. The van der Waals surface area contributed by atoms with Crippen molar-refractivity contribution in [3.8, 4) is 0 Å². The lowest BCUT2D eigenvalue weighted by Gasteiger charge is -2.43. The van der Waals surface area contributed by atoms with Crippen LogP contribution < -0.4 is 0 Å². The number of aliphatic hydroxyl groups is 6. The van der Waals surface area contributed by atoms with Crippen LogP contribution in [0.15, 0.2) is 0 Å². The van der Waals surface area contributed by atoms with Gasteiger partial charge in [-0.1, -0.05) is 0 Å². The summed E-state index contributed by atoms with van der Waals surface area (Å²) in [4.78, 5) is 21.9. The second-order valence-electron chi connectivity index (χ2n) is 5.60. The third-order valence-electron chi connectivity index (χ3n) is 3.91. The number of hydrogen-bond donors (Lipinski definition) is 8. The number of rotatable bonds is 4. The van der Waals surface area contributed by atoms with Gasteiger partial charge in [0.15, 0.2) is 24.8 Å². The Labute approximate surface area is 139 Å². The van der Waals surface area contributed by atoms with Crippen molar-refractivity contribution in [3.63, 3.8) is 0 Å². The van der Waals surface area contributed by atoms with E-state index in [-0.39, 0.29) is 0 Å². The fourth-order valence-corrected chi connectivity index (χ4v) is 2.52. The van der Waals surface area contributed by atoms with E-state index in [0.29, 0.717) is 0 Å². The first-order chi connectivity index (χ1) is 11.6. The van der Waals surface area contributed by atoms with E-state index in [1.165, 1.54) is 0 Å². The molecule has 2 aliphatic rings. The van der Waals surface area contributed by atoms with Gasteiger partial charge in [-0.05, 0) is 0 Å². The Bertz CT molecular complexity index is 511. The summed E-state index contributed by atoms with van der Waals surface area (Å²) in [5.74, 6) is -3.35. The highest BCUT2D eigenvalue weighted by molar-refractivity contribution is 5.73. The summed E-state index contributed by atoms with van der Waals surface area (Å²) in [6.45, 7) is 0. The summed E-state index contributed by atoms with van der Waals surface area (Å²) in [5.41, 5.74) is 0. The Morgan fingerprint density at radius 1 is 0.680 bits per heavy atom. The van der Waals surface area contributed by atoms with Gasteiger partial charge in [0.25, 0.3) is 0 Å². The van der Waals surface area contributed by atoms with Gasteiger partial charge >= 0.3 is 11.9 Å². The van der Waals surface area contributed by atoms with E-state index >= 15 is 0 Å². The molecule has 2 saturated heterocycles. The first-order valence-electron chi connectivity index (χ1n) is 7.06. The molecule has 0 spiro atoms. The maximum atomic E-state index is 11.0. The zero-order chi connectivity index (χ0) is 19.0. The lowest BCUT2D eigenvalue weighted by Crippen LogP contribution is -2.65. The summed E-state index contributed by atoms with van der Waals surface area (Å²) in [6.07, 6.45) is -19.8. The van der Waals surface area contributed by atoms with E-state index in [9.17, 15) is 40.2 Å². The third-order valence-corrected chi connectivity index (χ3v) is 3.91. The lowest BCUT2D eigenvalue weighted by atomic mass is 9.97. The molecule has 144 valence electrons. The molecule has 25 heavy (non-hydrogen) atoms. The quantitative estimate of drug-likeness (QED) is 0.232. The molecule has 2 rings (SSSR count). The van der Waals surface area contributed by atoms with Gasteiger partial charge in [-0.2, -0.15) is 0 Å². The fraction of sp³-hybridized carbons (Fsp3) is 0.833. The molecule has 0 amide bonds. The molecule has 0 bridgehead atoms. The SMILES string of the molecule is O=C(O)[C@H]1O[C@@H](O[C@H]2C(O)O[C@H](C(=O)O)[C@@H](O)[C@@H]2O)[C@H](O)[C@@H](O)[C@H]1O. The molecule has 13 heteroatoms. The van der Waals surface area contributed by atoms with E-state index in [1.807, 2.05) is 0 Å². The van der Waals surface area contributed by atoms with Crippen LogP contribution in [0.25, 0.3) is 0 Å². The van der Waals surface area contributed by atoms with Crippen molar-refractivity contribution in [1.29, 1.82) is 0 Å². The molecular formula is C12H18O13. The molecular weight excluding hydrogens is 352 g/mol. The Hall–Kier alpha value is -1.42. The molecule has 0 radical (unpaired) electrons. The van der Waals surface area contributed by atoms with Crippen LogP contribution in [0.1, 0.15) is 0 Å². The summed E-state index contributed by atoms with van der Waals surface area (Å²) >= 11 is 0. The van der Waals surface area contributed by atoms with E-state index in [1.54, 1.807) is 0 Å². The van der Waals surface area contributed by atoms with Crippen molar-refractivity contribution in [2.75, 3.05) is 0 Å². The van der Waals surface area contributed by atoms with Gasteiger partial charge in [0.05, 0.1) is 0 Å². The second-order valence-corrected chi connectivity index (χ2v) is 5.60. The number of hydrogen-bond acceptors (Lipinski definition) is 11. The molecule has 2 fully saturated rings. The minimum atomic E-state index is -2.08. The third kappa shape index (κ3) is 3.74. The minimum absolute atomic E-state index is 1.66. The number of aliphatic hydroxyl groups excluding tert-OH is 6. The molecule has 1 unspecified atom stereocenters. The first-order valence-corrected chi connectivity index (χ1v) is 7.06. The number of ether oxygens (including phenoxy) is 3. The molecule has 0 saturated carbocycles. The highest BCUT2D eigenvalue weighted by Crippen LogP contribution is 2.28. The molecule has 10 atom stereocenters. The van der Waals surface area contributed by atoms with Crippen molar-refractivity contribution < 1.29 is 64.7 Å². The van der Waals surface area contributed by atoms with Gasteiger partial charge in [0.2, 0.25) is 0 Å². The Morgan fingerprint density at radius 3 is 1.68 bits per heavy atom. The molecule has 0 aromatic carbocycles. The topological polar surface area (TPSA) is 224 Å². The van der Waals surface area contributed by atoms with Crippen molar-refractivity contribution in [3.05, 3.63) is 0 Å². The van der Waals surface area contributed by atoms with Crippen LogP contribution in [0.3, 0.4) is 0 Å². The maximum absolute atomic E-state index is 11.0. The number of carbonyl (C=O) groups is 2. The standard InChI is InChI=1S/C12H18O13/c13-1-2(14)7(10(20)21)24-12(5(1)17)25-8-4(16)3(15)6(9(18)19)23-11(8)22/h1-8,11-17,22H,(H,18,19)(H,20,21)/t1-,2+,3-,4-,5+,6-,7-,8+,11?,12-/m0/s1. The van der Waals surface area contributed by atoms with E-state index in [2.05, 4.69) is 4.74 Å². The molecule has 2 heterocycles. The van der Waals surface area contributed by atoms with Crippen LogP contribution in [0.4, 0.5) is 0 Å². The van der Waals surface area contributed by atoms with Crippen LogP contribution in [-0.4, -0.2) is 114 Å². The first kappa shape index (κ1) is 19.9. The minimum Gasteiger partial charge on any atom is -0.479 e. The summed E-state index contributed by atoms with van der Waals surface area (Å²) < 4.78 is 14.4. The molecule has 13 nitrogen and oxygen atoms in total. The van der Waals surface area contributed by atoms with E-state index < -0.39 is 73.4 Å². The van der Waals surface area contributed by atoms with Crippen LogP contribution in [-0.2, 0) is 23.8 Å². The van der Waals surface area contributed by atoms with Gasteiger partial charge in [0.1, 0.15) is 36.6 Å². The largest absolute Gasteiger partial charge is 0.479 e. The van der Waals surface area contributed by atoms with Gasteiger partial charge in [-0.3, -0.25) is 0 Å². The van der Waals surface area contributed by atoms with Gasteiger partial charge < -0.3 is 55.1 Å². The Kier molecular flexibility index (Phi) is 5.93. The van der Waals surface area contributed by atoms with E-state index in [0.717, 1.165) is 0 Å².